The highest BCUT2D eigenvalue weighted by molar-refractivity contribution is 7.89. The number of sulfonamides is 1. The summed E-state index contributed by atoms with van der Waals surface area (Å²) in [5.41, 5.74) is 0.418. The van der Waals surface area contributed by atoms with Gasteiger partial charge in [0, 0.05) is 30.7 Å². The number of benzene rings is 2. The van der Waals surface area contributed by atoms with Crippen LogP contribution in [0, 0.1) is 0 Å². The molecule has 0 fully saturated rings. The average molecular weight is 500 g/mol. The maximum atomic E-state index is 13.1. The number of aromatic nitrogens is 1. The molecule has 0 radical (unpaired) electrons. The van der Waals surface area contributed by atoms with E-state index < -0.39 is 27.8 Å². The van der Waals surface area contributed by atoms with Gasteiger partial charge in [0.2, 0.25) is 15.9 Å². The molecule has 188 valence electrons. The number of carbonyl (C=O) groups is 1. The molecule has 35 heavy (non-hydrogen) atoms. The first kappa shape index (κ1) is 26.4. The Bertz CT molecular complexity index is 1260. The molecule has 1 heterocycles. The highest BCUT2D eigenvalue weighted by atomic mass is 32.2. The molecule has 1 aromatic heterocycles. The Labute approximate surface area is 207 Å². The minimum atomic E-state index is -3.83. The fourth-order valence-electron chi connectivity index (χ4n) is 3.65. The molecule has 3 aromatic rings. The Morgan fingerprint density at radius 1 is 1.11 bits per heavy atom. The molecular weight excluding hydrogens is 466 g/mol. The highest BCUT2D eigenvalue weighted by Gasteiger charge is 2.26. The fourth-order valence-corrected chi connectivity index (χ4v) is 4.92. The summed E-state index contributed by atoms with van der Waals surface area (Å²) in [6.07, 6.45) is 1.71. The van der Waals surface area contributed by atoms with Crippen LogP contribution in [0.2, 0.25) is 0 Å². The van der Waals surface area contributed by atoms with Crippen molar-refractivity contribution in [1.29, 1.82) is 0 Å². The third kappa shape index (κ3) is 7.40. The molecule has 0 aliphatic carbocycles. The van der Waals surface area contributed by atoms with Gasteiger partial charge in [-0.3, -0.25) is 0 Å². The van der Waals surface area contributed by atoms with Crippen LogP contribution in [0.1, 0.15) is 33.3 Å². The molecule has 0 saturated carbocycles. The topological polar surface area (TPSA) is 97.8 Å². The lowest BCUT2D eigenvalue weighted by molar-refractivity contribution is 0.0241. The Balaban J connectivity index is 1.75. The zero-order chi connectivity index (χ0) is 25.6. The van der Waals surface area contributed by atoms with Crippen LogP contribution < -0.4 is 9.46 Å². The number of hydrogen-bond acceptors (Lipinski definition) is 6. The third-order valence-corrected chi connectivity index (χ3v) is 6.81. The summed E-state index contributed by atoms with van der Waals surface area (Å²) in [6.45, 7) is 7.69. The van der Waals surface area contributed by atoms with Crippen LogP contribution in [0.4, 0.5) is 4.79 Å². The van der Waals surface area contributed by atoms with Gasteiger partial charge in [-0.05, 0) is 69.3 Å². The first-order valence-electron chi connectivity index (χ1n) is 11.5. The van der Waals surface area contributed by atoms with Gasteiger partial charge in [-0.2, -0.15) is 0 Å². The van der Waals surface area contributed by atoms with E-state index in [1.165, 1.54) is 13.2 Å². The molecular formula is C26H33N3O5S. The standard InChI is InChI=1S/C26H33N3O5S/c1-19(18-29(25(30)34-26(2,3)4)16-14-20-9-7-6-8-10-20)28-35(31,32)22-11-12-23-21(17-22)13-15-27-24(23)33-5/h6-13,15,17,19,28H,14,16,18H2,1-5H3/t19-/m1/s1. The van der Waals surface area contributed by atoms with E-state index in [1.54, 1.807) is 57.0 Å². The second-order valence-electron chi connectivity index (χ2n) is 9.39. The molecule has 0 aliphatic heterocycles. The minimum Gasteiger partial charge on any atom is -0.481 e. The maximum Gasteiger partial charge on any atom is 0.410 e. The second kappa shape index (κ2) is 11.0. The summed E-state index contributed by atoms with van der Waals surface area (Å²) in [5, 5.41) is 1.42. The molecule has 1 atom stereocenters. The van der Waals surface area contributed by atoms with E-state index in [9.17, 15) is 13.2 Å². The summed E-state index contributed by atoms with van der Waals surface area (Å²) < 4.78 is 39.7. The molecule has 0 unspecified atom stereocenters. The van der Waals surface area contributed by atoms with Crippen LogP contribution in [0.25, 0.3) is 10.8 Å². The van der Waals surface area contributed by atoms with Gasteiger partial charge in [0.25, 0.3) is 0 Å². The zero-order valence-corrected chi connectivity index (χ0v) is 21.6. The third-order valence-electron chi connectivity index (χ3n) is 5.22. The Morgan fingerprint density at radius 3 is 2.49 bits per heavy atom. The zero-order valence-electron chi connectivity index (χ0n) is 20.8. The molecule has 0 bridgehead atoms. The quantitative estimate of drug-likeness (QED) is 0.469. The molecule has 0 spiro atoms. The Hall–Kier alpha value is -3.17. The number of amides is 1. The number of nitrogens with one attached hydrogen (secondary N) is 1. The molecule has 3 rings (SSSR count). The maximum absolute atomic E-state index is 13.1. The Kier molecular flexibility index (Phi) is 8.34. The molecule has 1 N–H and O–H groups in total. The first-order valence-corrected chi connectivity index (χ1v) is 12.9. The van der Waals surface area contributed by atoms with Crippen molar-refractivity contribution >= 4 is 26.9 Å². The Morgan fingerprint density at radius 2 is 1.83 bits per heavy atom. The molecule has 8 nitrogen and oxygen atoms in total. The van der Waals surface area contributed by atoms with Gasteiger partial charge in [0.15, 0.2) is 0 Å². The predicted octanol–water partition coefficient (Wildman–Crippen LogP) is 4.39. The molecule has 0 saturated heterocycles. The van der Waals surface area contributed by atoms with Crippen molar-refractivity contribution < 1.29 is 22.7 Å². The number of ether oxygens (including phenoxy) is 2. The van der Waals surface area contributed by atoms with Crippen LogP contribution in [0.3, 0.4) is 0 Å². The van der Waals surface area contributed by atoms with Gasteiger partial charge < -0.3 is 14.4 Å². The summed E-state index contributed by atoms with van der Waals surface area (Å²) in [4.78, 5) is 18.7. The van der Waals surface area contributed by atoms with E-state index in [2.05, 4.69) is 9.71 Å². The van der Waals surface area contributed by atoms with Crippen LogP contribution >= 0.6 is 0 Å². The summed E-state index contributed by atoms with van der Waals surface area (Å²) in [7, 11) is -2.32. The van der Waals surface area contributed by atoms with Crippen molar-refractivity contribution in [2.75, 3.05) is 20.2 Å². The number of carbonyl (C=O) groups excluding carboxylic acids is 1. The van der Waals surface area contributed by atoms with Gasteiger partial charge in [0.1, 0.15) is 5.60 Å². The number of rotatable bonds is 9. The van der Waals surface area contributed by atoms with Crippen LogP contribution in [-0.4, -0.2) is 56.2 Å². The van der Waals surface area contributed by atoms with Gasteiger partial charge in [-0.1, -0.05) is 30.3 Å². The number of nitrogens with zero attached hydrogens (tertiary/aromatic N) is 2. The second-order valence-corrected chi connectivity index (χ2v) is 11.1. The predicted molar refractivity (Wildman–Crippen MR) is 136 cm³/mol. The summed E-state index contributed by atoms with van der Waals surface area (Å²) >= 11 is 0. The first-order chi connectivity index (χ1) is 16.5. The van der Waals surface area contributed by atoms with E-state index in [0.717, 1.165) is 10.9 Å². The van der Waals surface area contributed by atoms with E-state index in [4.69, 9.17) is 9.47 Å². The number of fused-ring (bicyclic) bond motifs is 1. The van der Waals surface area contributed by atoms with Gasteiger partial charge in [-0.25, -0.2) is 22.9 Å². The lowest BCUT2D eigenvalue weighted by atomic mass is 10.1. The van der Waals surface area contributed by atoms with Gasteiger partial charge in [0.05, 0.1) is 12.0 Å². The van der Waals surface area contributed by atoms with Crippen molar-refractivity contribution in [1.82, 2.24) is 14.6 Å². The highest BCUT2D eigenvalue weighted by Crippen LogP contribution is 2.25. The van der Waals surface area contributed by atoms with Crippen LogP contribution in [0.5, 0.6) is 5.88 Å². The monoisotopic (exact) mass is 499 g/mol. The molecule has 0 aliphatic rings. The van der Waals surface area contributed by atoms with Crippen LogP contribution in [0.15, 0.2) is 65.7 Å². The smallest absolute Gasteiger partial charge is 0.410 e. The van der Waals surface area contributed by atoms with Crippen molar-refractivity contribution in [2.45, 2.75) is 50.7 Å². The number of pyridine rings is 1. The normalized spacial score (nSPS) is 12.8. The van der Waals surface area contributed by atoms with Crippen molar-refractivity contribution in [3.8, 4) is 5.88 Å². The lowest BCUT2D eigenvalue weighted by Gasteiger charge is -2.29. The minimum absolute atomic E-state index is 0.123. The van der Waals surface area contributed by atoms with Gasteiger partial charge >= 0.3 is 6.09 Å². The van der Waals surface area contributed by atoms with Gasteiger partial charge in [-0.15, -0.1) is 0 Å². The number of methoxy groups -OCH3 is 1. The summed E-state index contributed by atoms with van der Waals surface area (Å²) in [6, 6.07) is 15.8. The van der Waals surface area contributed by atoms with E-state index >= 15 is 0 Å². The molecule has 2 aromatic carbocycles. The van der Waals surface area contributed by atoms with Crippen molar-refractivity contribution in [3.63, 3.8) is 0 Å². The lowest BCUT2D eigenvalue weighted by Crippen LogP contribution is -2.46. The number of hydrogen-bond donors (Lipinski definition) is 1. The largest absolute Gasteiger partial charge is 0.481 e. The van der Waals surface area contributed by atoms with E-state index in [1.807, 2.05) is 30.3 Å². The van der Waals surface area contributed by atoms with Crippen molar-refractivity contribution in [3.05, 3.63) is 66.4 Å². The summed E-state index contributed by atoms with van der Waals surface area (Å²) in [5.74, 6) is 0.430. The molecule has 9 heteroatoms. The average Bonchev–Trinajstić information content (AvgIpc) is 2.80. The van der Waals surface area contributed by atoms with E-state index in [0.29, 0.717) is 24.2 Å². The van der Waals surface area contributed by atoms with E-state index in [-0.39, 0.29) is 11.4 Å². The molecule has 1 amide bonds. The van der Waals surface area contributed by atoms with Crippen LogP contribution in [-0.2, 0) is 21.2 Å². The fraction of sp³-hybridized carbons (Fsp3) is 0.385. The van der Waals surface area contributed by atoms with Crippen molar-refractivity contribution in [2.24, 2.45) is 0 Å². The SMILES string of the molecule is COc1nccc2cc(S(=O)(=O)N[C@H](C)CN(CCc3ccccc3)C(=O)OC(C)(C)C)ccc12.